The van der Waals surface area contributed by atoms with Gasteiger partial charge in [0, 0.05) is 29.6 Å². The van der Waals surface area contributed by atoms with Gasteiger partial charge in [-0.15, -0.1) is 5.10 Å². The van der Waals surface area contributed by atoms with Gasteiger partial charge in [-0.3, -0.25) is 4.79 Å². The summed E-state index contributed by atoms with van der Waals surface area (Å²) >= 11 is 0. The number of aliphatic imine (C=N–C) groups is 1. The molecule has 0 spiro atoms. The molecule has 0 saturated carbocycles. The monoisotopic (exact) mass is 477 g/mol. The Balaban J connectivity index is 1.41. The first kappa shape index (κ1) is 22.7. The summed E-state index contributed by atoms with van der Waals surface area (Å²) in [7, 11) is 0. The second-order valence-corrected chi connectivity index (χ2v) is 7.85. The normalized spacial score (nSPS) is 15.0. The molecule has 9 nitrogen and oxygen atoms in total. The number of nitrogens with one attached hydrogen (secondary N) is 2. The van der Waals surface area contributed by atoms with E-state index in [9.17, 15) is 4.79 Å². The van der Waals surface area contributed by atoms with Crippen molar-refractivity contribution >= 4 is 35.7 Å². The van der Waals surface area contributed by atoms with E-state index in [4.69, 9.17) is 9.41 Å². The highest BCUT2D eigenvalue weighted by molar-refractivity contribution is 6.19. The average molecular weight is 478 g/mol. The number of fused-ring (bicyclic) bond motifs is 1. The molecule has 0 radical (unpaired) electrons. The van der Waals surface area contributed by atoms with Crippen molar-refractivity contribution in [2.24, 2.45) is 10.1 Å². The number of carbonyl (C=O) groups is 1. The molecule has 1 aromatic heterocycles. The SMILES string of the molecule is C=NN(/C=C\C)c1ccc(-c2nnc(NC3N=C(c4ccccc4)c4ccccc4NC3=O)o2)cc1. The summed E-state index contributed by atoms with van der Waals surface area (Å²) in [5, 5.41) is 19.7. The second-order valence-electron chi connectivity index (χ2n) is 7.85. The smallest absolute Gasteiger partial charge is 0.317 e. The summed E-state index contributed by atoms with van der Waals surface area (Å²) in [4.78, 5) is 17.8. The van der Waals surface area contributed by atoms with Crippen LogP contribution in [0.15, 0.2) is 106 Å². The number of aromatic nitrogens is 2. The van der Waals surface area contributed by atoms with Gasteiger partial charge in [0.1, 0.15) is 0 Å². The van der Waals surface area contributed by atoms with Gasteiger partial charge in [-0.1, -0.05) is 59.7 Å². The maximum Gasteiger partial charge on any atom is 0.317 e. The molecule has 4 aromatic rings. The highest BCUT2D eigenvalue weighted by Crippen LogP contribution is 2.27. The molecule has 0 saturated heterocycles. The molecule has 0 fully saturated rings. The standard InChI is InChI=1S/C27H23N7O2/c1-3-17-34(28-2)20-15-13-19(14-16-20)26-32-33-27(36-26)31-24-25(35)29-22-12-8-7-11-21(22)23(30-24)18-9-5-4-6-10-18/h3-17,24H,2H2,1H3,(H,29,35)(H,31,33)/b17-3-. The zero-order chi connectivity index (χ0) is 24.9. The Morgan fingerprint density at radius 3 is 2.50 bits per heavy atom. The van der Waals surface area contributed by atoms with Crippen LogP contribution in [0.2, 0.25) is 0 Å². The molecule has 1 atom stereocenters. The van der Waals surface area contributed by atoms with Crippen molar-refractivity contribution in [1.29, 1.82) is 0 Å². The topological polar surface area (TPSA) is 108 Å². The maximum absolute atomic E-state index is 13.0. The van der Waals surface area contributed by atoms with Crippen LogP contribution in [0.25, 0.3) is 11.5 Å². The lowest BCUT2D eigenvalue weighted by atomic mass is 10.0. The van der Waals surface area contributed by atoms with E-state index in [2.05, 4.69) is 32.6 Å². The van der Waals surface area contributed by atoms with Crippen molar-refractivity contribution in [3.05, 3.63) is 102 Å². The zero-order valence-electron chi connectivity index (χ0n) is 19.5. The molecule has 3 aromatic carbocycles. The van der Waals surface area contributed by atoms with E-state index in [1.807, 2.05) is 91.9 Å². The minimum Gasteiger partial charge on any atom is -0.403 e. The third-order valence-electron chi connectivity index (χ3n) is 5.50. The molecule has 2 N–H and O–H groups in total. The third kappa shape index (κ3) is 4.62. The van der Waals surface area contributed by atoms with Crippen LogP contribution >= 0.6 is 0 Å². The lowest BCUT2D eigenvalue weighted by Gasteiger charge is -2.13. The Bertz CT molecular complexity index is 1440. The fraction of sp³-hybridized carbons (Fsp3) is 0.0741. The van der Waals surface area contributed by atoms with E-state index >= 15 is 0 Å². The molecule has 1 aliphatic heterocycles. The van der Waals surface area contributed by atoms with E-state index in [-0.39, 0.29) is 11.9 Å². The van der Waals surface area contributed by atoms with Crippen molar-refractivity contribution in [3.8, 4) is 11.5 Å². The van der Waals surface area contributed by atoms with Gasteiger partial charge in [0.25, 0.3) is 5.91 Å². The van der Waals surface area contributed by atoms with Gasteiger partial charge >= 0.3 is 6.01 Å². The van der Waals surface area contributed by atoms with Crippen LogP contribution in [-0.2, 0) is 4.79 Å². The summed E-state index contributed by atoms with van der Waals surface area (Å²) in [6.07, 6.45) is 2.69. The molecule has 36 heavy (non-hydrogen) atoms. The van der Waals surface area contributed by atoms with Gasteiger partial charge in [0.15, 0.2) is 0 Å². The van der Waals surface area contributed by atoms with E-state index in [0.29, 0.717) is 17.3 Å². The first-order chi connectivity index (χ1) is 17.7. The summed E-state index contributed by atoms with van der Waals surface area (Å²) in [6, 6.07) is 24.8. The van der Waals surface area contributed by atoms with Crippen LogP contribution in [0.5, 0.6) is 0 Å². The molecule has 178 valence electrons. The second kappa shape index (κ2) is 10.1. The average Bonchev–Trinajstić information content (AvgIpc) is 3.34. The molecular formula is C27H23N7O2. The van der Waals surface area contributed by atoms with Gasteiger partial charge < -0.3 is 15.1 Å². The first-order valence-corrected chi connectivity index (χ1v) is 11.3. The van der Waals surface area contributed by atoms with E-state index in [0.717, 1.165) is 22.4 Å². The fourth-order valence-electron chi connectivity index (χ4n) is 3.81. The molecule has 5 rings (SSSR count). The summed E-state index contributed by atoms with van der Waals surface area (Å²) < 4.78 is 5.81. The molecule has 2 heterocycles. The van der Waals surface area contributed by atoms with Crippen molar-refractivity contribution in [1.82, 2.24) is 10.2 Å². The maximum atomic E-state index is 13.0. The highest BCUT2D eigenvalue weighted by atomic mass is 16.4. The van der Waals surface area contributed by atoms with Gasteiger partial charge in [-0.05, 0) is 37.3 Å². The number of para-hydroxylation sites is 1. The van der Waals surface area contributed by atoms with Gasteiger partial charge in [0.2, 0.25) is 12.1 Å². The molecule has 0 aliphatic carbocycles. The van der Waals surface area contributed by atoms with E-state index in [1.54, 1.807) is 11.2 Å². The van der Waals surface area contributed by atoms with Crippen LogP contribution in [-0.4, -0.2) is 34.7 Å². The number of allylic oxidation sites excluding steroid dienone is 1. The quantitative estimate of drug-likeness (QED) is 0.289. The van der Waals surface area contributed by atoms with Gasteiger partial charge in [0.05, 0.1) is 17.1 Å². The number of hydrogen-bond acceptors (Lipinski definition) is 8. The van der Waals surface area contributed by atoms with Gasteiger partial charge in [-0.2, -0.15) is 5.10 Å². The van der Waals surface area contributed by atoms with Crippen LogP contribution in [0.3, 0.4) is 0 Å². The predicted octanol–water partition coefficient (Wildman–Crippen LogP) is 4.92. The first-order valence-electron chi connectivity index (χ1n) is 11.3. The van der Waals surface area contributed by atoms with Crippen molar-refractivity contribution in [2.75, 3.05) is 15.6 Å². The summed E-state index contributed by atoms with van der Waals surface area (Å²) in [6.45, 7) is 5.48. The number of hydrazone groups is 1. The van der Waals surface area contributed by atoms with Crippen molar-refractivity contribution in [3.63, 3.8) is 0 Å². The molecular weight excluding hydrogens is 454 g/mol. The number of benzodiazepines with no additional fused rings is 1. The third-order valence-corrected chi connectivity index (χ3v) is 5.50. The van der Waals surface area contributed by atoms with E-state index in [1.165, 1.54) is 0 Å². The number of carbonyl (C=O) groups excluding carboxylic acids is 1. The Kier molecular flexibility index (Phi) is 6.35. The number of anilines is 3. The number of rotatable bonds is 7. The van der Waals surface area contributed by atoms with Crippen molar-refractivity contribution < 1.29 is 9.21 Å². The van der Waals surface area contributed by atoms with Crippen molar-refractivity contribution in [2.45, 2.75) is 13.1 Å². The Morgan fingerprint density at radius 2 is 1.75 bits per heavy atom. The number of nitrogens with zero attached hydrogens (tertiary/aromatic N) is 5. The Morgan fingerprint density at radius 1 is 1.00 bits per heavy atom. The van der Waals surface area contributed by atoms with Crippen LogP contribution in [0, 0.1) is 0 Å². The molecule has 1 unspecified atom stereocenters. The van der Waals surface area contributed by atoms with Crippen LogP contribution in [0.4, 0.5) is 17.4 Å². The van der Waals surface area contributed by atoms with Crippen LogP contribution < -0.4 is 15.6 Å². The summed E-state index contributed by atoms with van der Waals surface area (Å²) in [5.41, 5.74) is 4.63. The Hall–Kier alpha value is -5.05. The molecule has 1 aliphatic rings. The molecule has 9 heteroatoms. The molecule has 1 amide bonds. The Labute approximate surface area is 207 Å². The minimum absolute atomic E-state index is 0.0830. The zero-order valence-corrected chi connectivity index (χ0v) is 19.5. The largest absolute Gasteiger partial charge is 0.403 e. The minimum atomic E-state index is -0.976. The number of hydrogen-bond donors (Lipinski definition) is 2. The lowest BCUT2D eigenvalue weighted by Crippen LogP contribution is -2.32. The van der Waals surface area contributed by atoms with E-state index < -0.39 is 6.17 Å². The highest BCUT2D eigenvalue weighted by Gasteiger charge is 2.27. The predicted molar refractivity (Wildman–Crippen MR) is 141 cm³/mol. The van der Waals surface area contributed by atoms with Gasteiger partial charge in [-0.25, -0.2) is 10.0 Å². The fourth-order valence-corrected chi connectivity index (χ4v) is 3.81. The lowest BCUT2D eigenvalue weighted by molar-refractivity contribution is -0.116. The van der Waals surface area contributed by atoms with Crippen LogP contribution in [0.1, 0.15) is 18.1 Å². The molecule has 0 bridgehead atoms. The summed E-state index contributed by atoms with van der Waals surface area (Å²) in [5.74, 6) is -0.0312. The number of amides is 1. The number of benzene rings is 3.